The first kappa shape index (κ1) is 14.1. The summed E-state index contributed by atoms with van der Waals surface area (Å²) in [4.78, 5) is 12.3. The third-order valence-electron chi connectivity index (χ3n) is 3.21. The molecule has 0 spiro atoms. The van der Waals surface area contributed by atoms with Gasteiger partial charge in [0.2, 0.25) is 0 Å². The lowest BCUT2D eigenvalue weighted by Gasteiger charge is -2.23. The first-order chi connectivity index (χ1) is 9.58. The van der Waals surface area contributed by atoms with Crippen molar-refractivity contribution < 1.29 is 14.1 Å². The lowest BCUT2D eigenvalue weighted by atomic mass is 10.2. The number of ether oxygens (including phenoxy) is 1. The van der Waals surface area contributed by atoms with Gasteiger partial charge in [-0.2, -0.15) is 5.26 Å². The molecule has 0 amide bonds. The maximum atomic E-state index is 13.6. The van der Waals surface area contributed by atoms with Crippen LogP contribution in [-0.2, 0) is 0 Å². The molecule has 0 aromatic heterocycles. The van der Waals surface area contributed by atoms with E-state index < -0.39 is 10.7 Å². The minimum absolute atomic E-state index is 0.0341. The standard InChI is InChI=1S/C13H14FN3O3/c1-20-13-8-11(12(17(18)19)7-10(13)14)16(6-2-5-15)9-3-4-9/h7-9H,2-4,6H2,1H3. The maximum Gasteiger partial charge on any atom is 0.295 e. The number of hydrogen-bond donors (Lipinski definition) is 0. The van der Waals surface area contributed by atoms with Crippen LogP contribution in [0.5, 0.6) is 5.75 Å². The van der Waals surface area contributed by atoms with Crippen molar-refractivity contribution in [3.63, 3.8) is 0 Å². The topological polar surface area (TPSA) is 79.4 Å². The molecule has 2 rings (SSSR count). The monoisotopic (exact) mass is 279 g/mol. The number of benzene rings is 1. The van der Waals surface area contributed by atoms with Gasteiger partial charge in [-0.1, -0.05) is 0 Å². The Hall–Kier alpha value is -2.36. The first-order valence-corrected chi connectivity index (χ1v) is 6.24. The number of rotatable bonds is 6. The largest absolute Gasteiger partial charge is 0.494 e. The maximum absolute atomic E-state index is 13.6. The zero-order chi connectivity index (χ0) is 14.7. The van der Waals surface area contributed by atoms with Crippen molar-refractivity contribution in [2.24, 2.45) is 0 Å². The molecule has 1 aliphatic rings. The molecule has 0 heterocycles. The Bertz CT molecular complexity index is 567. The molecule has 0 N–H and O–H groups in total. The molecule has 7 heteroatoms. The molecule has 1 fully saturated rings. The number of methoxy groups -OCH3 is 1. The summed E-state index contributed by atoms with van der Waals surface area (Å²) in [6.45, 7) is 0.386. The van der Waals surface area contributed by atoms with Crippen LogP contribution in [0, 0.1) is 27.3 Å². The predicted octanol–water partition coefficient (Wildman–Crippen LogP) is 2.62. The lowest BCUT2D eigenvalue weighted by Crippen LogP contribution is -2.27. The van der Waals surface area contributed by atoms with Crippen molar-refractivity contribution >= 4 is 11.4 Å². The Morgan fingerprint density at radius 3 is 2.80 bits per heavy atom. The fourth-order valence-electron chi connectivity index (χ4n) is 2.12. The van der Waals surface area contributed by atoms with Gasteiger partial charge in [0.15, 0.2) is 11.6 Å². The van der Waals surface area contributed by atoms with Crippen LogP contribution in [0.15, 0.2) is 12.1 Å². The summed E-state index contributed by atoms with van der Waals surface area (Å²) in [5, 5.41) is 19.8. The summed E-state index contributed by atoms with van der Waals surface area (Å²) in [7, 11) is 1.31. The van der Waals surface area contributed by atoms with Crippen LogP contribution < -0.4 is 9.64 Å². The van der Waals surface area contributed by atoms with E-state index in [1.165, 1.54) is 13.2 Å². The van der Waals surface area contributed by atoms with Crippen LogP contribution >= 0.6 is 0 Å². The van der Waals surface area contributed by atoms with Gasteiger partial charge in [0.05, 0.1) is 30.6 Å². The third kappa shape index (κ3) is 2.79. The predicted molar refractivity (Wildman–Crippen MR) is 70.2 cm³/mol. The van der Waals surface area contributed by atoms with E-state index >= 15 is 0 Å². The number of hydrogen-bond acceptors (Lipinski definition) is 5. The van der Waals surface area contributed by atoms with Crippen LogP contribution in [0.2, 0.25) is 0 Å². The zero-order valence-corrected chi connectivity index (χ0v) is 11.0. The van der Waals surface area contributed by atoms with Crippen LogP contribution in [0.3, 0.4) is 0 Å². The molecule has 106 valence electrons. The van der Waals surface area contributed by atoms with Gasteiger partial charge in [-0.25, -0.2) is 4.39 Å². The molecule has 1 aliphatic carbocycles. The quantitative estimate of drug-likeness (QED) is 0.590. The zero-order valence-electron chi connectivity index (χ0n) is 11.0. The Kier molecular flexibility index (Phi) is 4.03. The summed E-state index contributed by atoms with van der Waals surface area (Å²) in [6.07, 6.45) is 2.10. The lowest BCUT2D eigenvalue weighted by molar-refractivity contribution is -0.384. The summed E-state index contributed by atoms with van der Waals surface area (Å²) < 4.78 is 18.5. The van der Waals surface area contributed by atoms with Crippen LogP contribution in [-0.4, -0.2) is 24.6 Å². The van der Waals surface area contributed by atoms with Gasteiger partial charge < -0.3 is 9.64 Å². The number of nitro groups is 1. The van der Waals surface area contributed by atoms with Crippen LogP contribution in [0.1, 0.15) is 19.3 Å². The second kappa shape index (κ2) is 5.74. The second-order valence-corrected chi connectivity index (χ2v) is 4.57. The Morgan fingerprint density at radius 2 is 2.30 bits per heavy atom. The molecular formula is C13H14FN3O3. The number of halogens is 1. The van der Waals surface area contributed by atoms with E-state index in [-0.39, 0.29) is 23.9 Å². The highest BCUT2D eigenvalue weighted by Crippen LogP contribution is 2.40. The van der Waals surface area contributed by atoms with E-state index in [4.69, 9.17) is 10.00 Å². The SMILES string of the molecule is COc1cc(N(CCC#N)C2CC2)c([N+](=O)[O-])cc1F. The van der Waals surface area contributed by atoms with Gasteiger partial charge in [-0.3, -0.25) is 10.1 Å². The van der Waals surface area contributed by atoms with Crippen molar-refractivity contribution in [3.8, 4) is 11.8 Å². The summed E-state index contributed by atoms with van der Waals surface area (Å²) in [5.74, 6) is -0.799. The molecule has 0 bridgehead atoms. The van der Waals surface area contributed by atoms with Gasteiger partial charge in [0, 0.05) is 18.7 Å². The molecule has 20 heavy (non-hydrogen) atoms. The van der Waals surface area contributed by atoms with Crippen molar-refractivity contribution in [1.82, 2.24) is 0 Å². The molecule has 0 saturated heterocycles. The summed E-state index contributed by atoms with van der Waals surface area (Å²) in [6, 6.07) is 4.41. The van der Waals surface area contributed by atoms with E-state index in [0.29, 0.717) is 12.2 Å². The highest BCUT2D eigenvalue weighted by atomic mass is 19.1. The van der Waals surface area contributed by atoms with Gasteiger partial charge in [-0.15, -0.1) is 0 Å². The average molecular weight is 279 g/mol. The van der Waals surface area contributed by atoms with Crippen LogP contribution in [0.25, 0.3) is 0 Å². The van der Waals surface area contributed by atoms with Crippen molar-refractivity contribution in [2.75, 3.05) is 18.6 Å². The number of nitrogens with zero attached hydrogens (tertiary/aromatic N) is 3. The summed E-state index contributed by atoms with van der Waals surface area (Å²) >= 11 is 0. The smallest absolute Gasteiger partial charge is 0.295 e. The summed E-state index contributed by atoms with van der Waals surface area (Å²) in [5.41, 5.74) is 0.0131. The molecule has 0 atom stereocenters. The van der Waals surface area contributed by atoms with E-state index in [1.54, 1.807) is 4.90 Å². The van der Waals surface area contributed by atoms with Crippen molar-refractivity contribution in [1.29, 1.82) is 5.26 Å². The fourth-order valence-corrected chi connectivity index (χ4v) is 2.12. The van der Waals surface area contributed by atoms with E-state index in [2.05, 4.69) is 0 Å². The number of nitriles is 1. The molecule has 0 radical (unpaired) electrons. The average Bonchev–Trinajstić information content (AvgIpc) is 3.24. The minimum Gasteiger partial charge on any atom is -0.494 e. The number of nitro benzene ring substituents is 1. The highest BCUT2D eigenvalue weighted by molar-refractivity contribution is 5.67. The molecule has 1 aromatic rings. The third-order valence-corrected chi connectivity index (χ3v) is 3.21. The molecular weight excluding hydrogens is 265 g/mol. The molecule has 6 nitrogen and oxygen atoms in total. The number of anilines is 1. The first-order valence-electron chi connectivity index (χ1n) is 6.24. The van der Waals surface area contributed by atoms with Crippen LogP contribution in [0.4, 0.5) is 15.8 Å². The minimum atomic E-state index is -0.765. The normalized spacial score (nSPS) is 13.7. The fraction of sp³-hybridized carbons (Fsp3) is 0.462. The Labute approximate surface area is 115 Å². The van der Waals surface area contributed by atoms with Gasteiger partial charge in [-0.05, 0) is 12.8 Å². The van der Waals surface area contributed by atoms with Gasteiger partial charge >= 0.3 is 0 Å². The Balaban J connectivity index is 2.45. The van der Waals surface area contributed by atoms with Gasteiger partial charge in [0.1, 0.15) is 5.69 Å². The van der Waals surface area contributed by atoms with Crippen molar-refractivity contribution in [2.45, 2.75) is 25.3 Å². The van der Waals surface area contributed by atoms with Crippen molar-refractivity contribution in [3.05, 3.63) is 28.1 Å². The molecule has 0 aliphatic heterocycles. The second-order valence-electron chi connectivity index (χ2n) is 4.57. The van der Waals surface area contributed by atoms with E-state index in [1.807, 2.05) is 6.07 Å². The molecule has 0 unspecified atom stereocenters. The van der Waals surface area contributed by atoms with E-state index in [9.17, 15) is 14.5 Å². The van der Waals surface area contributed by atoms with Gasteiger partial charge in [0.25, 0.3) is 5.69 Å². The highest BCUT2D eigenvalue weighted by Gasteiger charge is 2.33. The van der Waals surface area contributed by atoms with E-state index in [0.717, 1.165) is 18.9 Å². The molecule has 1 aromatic carbocycles. The Morgan fingerprint density at radius 1 is 1.60 bits per heavy atom. The molecule has 1 saturated carbocycles.